The van der Waals surface area contributed by atoms with E-state index in [4.69, 9.17) is 4.65 Å². The molecule has 1 aliphatic heterocycles. The molecule has 0 bridgehead atoms. The van der Waals surface area contributed by atoms with Crippen molar-refractivity contribution in [1.29, 1.82) is 0 Å². The van der Waals surface area contributed by atoms with Crippen molar-refractivity contribution in [2.45, 2.75) is 72.4 Å². The third kappa shape index (κ3) is 5.33. The summed E-state index contributed by atoms with van der Waals surface area (Å²) in [5.41, 5.74) is 4.08. The first-order chi connectivity index (χ1) is 12.1. The molecule has 0 saturated carbocycles. The van der Waals surface area contributed by atoms with Gasteiger partial charge >= 0.3 is 7.05 Å². The topological polar surface area (TPSA) is 12.5 Å². The molecule has 0 spiro atoms. The summed E-state index contributed by atoms with van der Waals surface area (Å²) in [7, 11) is 0.0889. The molecule has 136 valence electrons. The minimum atomic E-state index is 0.0889. The van der Waals surface area contributed by atoms with Crippen molar-refractivity contribution >= 4 is 12.6 Å². The zero-order valence-corrected chi connectivity index (χ0v) is 16.7. The first-order valence-corrected chi connectivity index (χ1v) is 9.90. The third-order valence-electron chi connectivity index (χ3n) is 4.85. The Kier molecular flexibility index (Phi) is 7.99. The van der Waals surface area contributed by atoms with E-state index in [-0.39, 0.29) is 7.05 Å². The van der Waals surface area contributed by atoms with Gasteiger partial charge in [0.15, 0.2) is 0 Å². The van der Waals surface area contributed by atoms with E-state index in [2.05, 4.69) is 81.9 Å². The molecule has 1 aromatic carbocycles. The number of hydrogen-bond acceptors (Lipinski definition) is 2. The first kappa shape index (κ1) is 20.0. The molecule has 1 aromatic rings. The zero-order chi connectivity index (χ0) is 18.2. The van der Waals surface area contributed by atoms with Crippen LogP contribution < -0.4 is 0 Å². The standard InChI is InChI=1S/C22H34BNO/c1-6-7-8-12-15-21(20-13-10-9-11-14-20)22-16-17-25-23(22)24(18(2)3)19(4)5/h9-15,18-19H,6-8,16-17H2,1-5H3/b15-12+,22-21-. The fourth-order valence-corrected chi connectivity index (χ4v) is 3.71. The lowest BCUT2D eigenvalue weighted by molar-refractivity contribution is 0.236. The van der Waals surface area contributed by atoms with Crippen LogP contribution in [-0.2, 0) is 4.65 Å². The molecular weight excluding hydrogens is 305 g/mol. The molecule has 3 heteroatoms. The molecule has 0 aromatic heterocycles. The van der Waals surface area contributed by atoms with Crippen molar-refractivity contribution in [1.82, 2.24) is 4.81 Å². The molecule has 1 heterocycles. The van der Waals surface area contributed by atoms with Crippen LogP contribution in [0.5, 0.6) is 0 Å². The average Bonchev–Trinajstić information content (AvgIpc) is 3.04. The number of allylic oxidation sites excluding steroid dienone is 3. The third-order valence-corrected chi connectivity index (χ3v) is 4.85. The van der Waals surface area contributed by atoms with Crippen molar-refractivity contribution in [2.75, 3.05) is 6.61 Å². The van der Waals surface area contributed by atoms with E-state index in [1.807, 2.05) is 0 Å². The summed E-state index contributed by atoms with van der Waals surface area (Å²) in [4.78, 5) is 2.49. The summed E-state index contributed by atoms with van der Waals surface area (Å²) in [5.74, 6) is 0. The number of hydrogen-bond donors (Lipinski definition) is 0. The maximum atomic E-state index is 6.21. The second-order valence-corrected chi connectivity index (χ2v) is 7.46. The van der Waals surface area contributed by atoms with Crippen molar-refractivity contribution in [3.63, 3.8) is 0 Å². The van der Waals surface area contributed by atoms with Gasteiger partial charge in [-0.05, 0) is 41.5 Å². The zero-order valence-electron chi connectivity index (χ0n) is 16.7. The van der Waals surface area contributed by atoms with Gasteiger partial charge in [0.25, 0.3) is 0 Å². The minimum absolute atomic E-state index is 0.0889. The summed E-state index contributed by atoms with van der Waals surface area (Å²) in [5, 5.41) is 0. The molecule has 1 aliphatic rings. The van der Waals surface area contributed by atoms with E-state index in [1.165, 1.54) is 29.5 Å². The second-order valence-electron chi connectivity index (χ2n) is 7.46. The Hall–Kier alpha value is -1.32. The number of unbranched alkanes of at least 4 members (excludes halogenated alkanes) is 2. The van der Waals surface area contributed by atoms with Crippen LogP contribution in [0.25, 0.3) is 5.57 Å². The lowest BCUT2D eigenvalue weighted by atomic mass is 9.66. The number of rotatable bonds is 8. The molecule has 0 amide bonds. The van der Waals surface area contributed by atoms with Crippen LogP contribution >= 0.6 is 0 Å². The predicted molar refractivity (Wildman–Crippen MR) is 110 cm³/mol. The molecular formula is C22H34BNO. The van der Waals surface area contributed by atoms with Crippen LogP contribution in [-0.4, -0.2) is 30.6 Å². The number of nitrogens with zero attached hydrogens (tertiary/aromatic N) is 1. The SMILES string of the molecule is CCCC/C=C/C(=C1\CCOB1N(C(C)C)C(C)C)c1ccccc1. The van der Waals surface area contributed by atoms with Crippen molar-refractivity contribution in [3.8, 4) is 0 Å². The minimum Gasteiger partial charge on any atom is -0.417 e. The fourth-order valence-electron chi connectivity index (χ4n) is 3.71. The van der Waals surface area contributed by atoms with Gasteiger partial charge in [-0.25, -0.2) is 0 Å². The lowest BCUT2D eigenvalue weighted by Gasteiger charge is -2.34. The maximum Gasteiger partial charge on any atom is 0.415 e. The highest BCUT2D eigenvalue weighted by molar-refractivity contribution is 6.60. The Balaban J connectivity index is 2.42. The van der Waals surface area contributed by atoms with Gasteiger partial charge in [-0.1, -0.05) is 89.9 Å². The van der Waals surface area contributed by atoms with Gasteiger partial charge in [0.2, 0.25) is 0 Å². The monoisotopic (exact) mass is 339 g/mol. The van der Waals surface area contributed by atoms with E-state index in [9.17, 15) is 0 Å². The molecule has 0 radical (unpaired) electrons. The van der Waals surface area contributed by atoms with Gasteiger partial charge in [-0.15, -0.1) is 0 Å². The van der Waals surface area contributed by atoms with E-state index in [0.29, 0.717) is 12.1 Å². The van der Waals surface area contributed by atoms with Gasteiger partial charge in [0.05, 0.1) is 0 Å². The molecule has 25 heavy (non-hydrogen) atoms. The summed E-state index contributed by atoms with van der Waals surface area (Å²) >= 11 is 0. The van der Waals surface area contributed by atoms with Gasteiger partial charge in [0.1, 0.15) is 0 Å². The Morgan fingerprint density at radius 3 is 2.44 bits per heavy atom. The highest BCUT2D eigenvalue weighted by Crippen LogP contribution is 2.31. The van der Waals surface area contributed by atoms with Gasteiger partial charge in [-0.3, -0.25) is 0 Å². The van der Waals surface area contributed by atoms with E-state index >= 15 is 0 Å². The quantitative estimate of drug-likeness (QED) is 0.441. The largest absolute Gasteiger partial charge is 0.417 e. The molecule has 2 nitrogen and oxygen atoms in total. The van der Waals surface area contributed by atoms with Crippen LogP contribution in [0.15, 0.2) is 48.0 Å². The van der Waals surface area contributed by atoms with Crippen LogP contribution in [0.4, 0.5) is 0 Å². The normalized spacial score (nSPS) is 17.5. The Morgan fingerprint density at radius 1 is 1.16 bits per heavy atom. The molecule has 2 rings (SSSR count). The highest BCUT2D eigenvalue weighted by atomic mass is 16.4. The van der Waals surface area contributed by atoms with Crippen molar-refractivity contribution in [3.05, 3.63) is 53.5 Å². The van der Waals surface area contributed by atoms with Gasteiger partial charge in [0, 0.05) is 6.61 Å². The van der Waals surface area contributed by atoms with Crippen LogP contribution in [0.2, 0.25) is 0 Å². The molecule has 1 saturated heterocycles. The van der Waals surface area contributed by atoms with E-state index < -0.39 is 0 Å². The predicted octanol–water partition coefficient (Wildman–Crippen LogP) is 5.75. The summed E-state index contributed by atoms with van der Waals surface area (Å²) < 4.78 is 6.21. The highest BCUT2D eigenvalue weighted by Gasteiger charge is 2.38. The molecule has 0 unspecified atom stereocenters. The summed E-state index contributed by atoms with van der Waals surface area (Å²) in [6.07, 6.45) is 9.32. The maximum absolute atomic E-state index is 6.21. The molecule has 1 fully saturated rings. The van der Waals surface area contributed by atoms with E-state index in [0.717, 1.165) is 19.4 Å². The summed E-state index contributed by atoms with van der Waals surface area (Å²) in [6.45, 7) is 12.1. The number of benzene rings is 1. The molecule has 0 aliphatic carbocycles. The fraction of sp³-hybridized carbons (Fsp3) is 0.545. The Morgan fingerprint density at radius 2 is 1.84 bits per heavy atom. The Bertz CT molecular complexity index is 569. The first-order valence-electron chi connectivity index (χ1n) is 9.90. The van der Waals surface area contributed by atoms with Crippen LogP contribution in [0.3, 0.4) is 0 Å². The lowest BCUT2D eigenvalue weighted by Crippen LogP contribution is -2.49. The summed E-state index contributed by atoms with van der Waals surface area (Å²) in [6, 6.07) is 11.7. The Labute approximate surface area is 155 Å². The van der Waals surface area contributed by atoms with Crippen molar-refractivity contribution in [2.24, 2.45) is 0 Å². The van der Waals surface area contributed by atoms with Crippen LogP contribution in [0, 0.1) is 0 Å². The van der Waals surface area contributed by atoms with E-state index in [1.54, 1.807) is 0 Å². The van der Waals surface area contributed by atoms with Crippen LogP contribution in [0.1, 0.15) is 65.9 Å². The second kappa shape index (κ2) is 9.99. The smallest absolute Gasteiger partial charge is 0.415 e. The van der Waals surface area contributed by atoms with Gasteiger partial charge in [-0.2, -0.15) is 0 Å². The van der Waals surface area contributed by atoms with Crippen molar-refractivity contribution < 1.29 is 4.65 Å². The molecule has 0 N–H and O–H groups in total. The molecule has 0 atom stereocenters. The van der Waals surface area contributed by atoms with Gasteiger partial charge < -0.3 is 9.47 Å². The average molecular weight is 339 g/mol.